The van der Waals surface area contributed by atoms with E-state index in [2.05, 4.69) is 23.7 Å². The molecule has 1 fully saturated rings. The van der Waals surface area contributed by atoms with E-state index in [0.717, 1.165) is 12.0 Å². The predicted octanol–water partition coefficient (Wildman–Crippen LogP) is 2.34. The number of amides is 1. The van der Waals surface area contributed by atoms with Crippen LogP contribution < -0.4 is 4.90 Å². The topological polar surface area (TPSA) is 62.3 Å². The number of rotatable bonds is 2. The number of nitrogens with zero attached hydrogens (tertiary/aromatic N) is 1. The minimum Gasteiger partial charge on any atom is -0.449 e. The highest BCUT2D eigenvalue weighted by Crippen LogP contribution is 2.61. The number of anilines is 1. The number of fused-ring (bicyclic) bond motifs is 1. The van der Waals surface area contributed by atoms with E-state index in [9.17, 15) is 9.90 Å². The van der Waals surface area contributed by atoms with Crippen molar-refractivity contribution in [3.8, 4) is 23.7 Å². The quantitative estimate of drug-likeness (QED) is 0.658. The number of para-hydroxylation sites is 1. The summed E-state index contributed by atoms with van der Waals surface area (Å²) in [6, 6.07) is 6.81. The number of aliphatic hydroxyl groups is 1. The third-order valence-corrected chi connectivity index (χ3v) is 4.93. The van der Waals surface area contributed by atoms with Gasteiger partial charge in [0.25, 0.3) is 0 Å². The first-order valence-corrected chi connectivity index (χ1v) is 8.67. The predicted molar refractivity (Wildman–Crippen MR) is 96.2 cm³/mol. The number of ether oxygens (including phenoxy) is 2. The van der Waals surface area contributed by atoms with Crippen molar-refractivity contribution in [3.05, 3.63) is 42.0 Å². The Kier molecular flexibility index (Phi) is 3.80. The molecule has 4 rings (SSSR count). The van der Waals surface area contributed by atoms with E-state index >= 15 is 0 Å². The fourth-order valence-electron chi connectivity index (χ4n) is 3.71. The Morgan fingerprint density at radius 3 is 2.92 bits per heavy atom. The van der Waals surface area contributed by atoms with Gasteiger partial charge in [0.1, 0.15) is 12.1 Å². The van der Waals surface area contributed by atoms with Gasteiger partial charge in [-0.3, -0.25) is 4.90 Å². The number of allylic oxidation sites excluding steroid dienone is 2. The van der Waals surface area contributed by atoms with Crippen LogP contribution in [0.25, 0.3) is 0 Å². The molecule has 0 aromatic heterocycles. The van der Waals surface area contributed by atoms with E-state index in [0.29, 0.717) is 12.3 Å². The number of hydrogen-bond acceptors (Lipinski definition) is 4. The molecule has 1 aromatic rings. The van der Waals surface area contributed by atoms with Gasteiger partial charge in [-0.2, -0.15) is 0 Å². The second-order valence-corrected chi connectivity index (χ2v) is 6.68. The van der Waals surface area contributed by atoms with Gasteiger partial charge in [0.05, 0.1) is 12.3 Å². The van der Waals surface area contributed by atoms with Crippen molar-refractivity contribution in [1.29, 1.82) is 0 Å². The van der Waals surface area contributed by atoms with Crippen molar-refractivity contribution in [2.45, 2.75) is 43.6 Å². The van der Waals surface area contributed by atoms with Crippen molar-refractivity contribution in [1.82, 2.24) is 0 Å². The fraction of sp³-hybridized carbons (Fsp3) is 0.381. The highest BCUT2D eigenvalue weighted by molar-refractivity contribution is 5.92. The Morgan fingerprint density at radius 1 is 1.35 bits per heavy atom. The minimum absolute atomic E-state index is 0.331. The van der Waals surface area contributed by atoms with Gasteiger partial charge in [0.2, 0.25) is 0 Å². The summed E-state index contributed by atoms with van der Waals surface area (Å²) < 4.78 is 11.4. The molecule has 2 aliphatic heterocycles. The summed E-state index contributed by atoms with van der Waals surface area (Å²) in [5, 5.41) is 11.1. The number of benzene rings is 1. The van der Waals surface area contributed by atoms with Crippen LogP contribution in [0, 0.1) is 23.7 Å². The molecule has 2 heterocycles. The van der Waals surface area contributed by atoms with Gasteiger partial charge in [-0.1, -0.05) is 48.8 Å². The zero-order chi connectivity index (χ0) is 18.4. The molecular weight excluding hydrogens is 330 g/mol. The SMILES string of the molecule is CCCOC(=O)N1c2ccccc2[C@]23O[C@@H]2[C@H]1C#C/C=C\C#C[C@]3(C)O. The Labute approximate surface area is 152 Å². The minimum atomic E-state index is -1.42. The van der Waals surface area contributed by atoms with Crippen LogP contribution in [0.4, 0.5) is 10.5 Å². The van der Waals surface area contributed by atoms with Crippen LogP contribution in [0.15, 0.2) is 36.4 Å². The summed E-state index contributed by atoms with van der Waals surface area (Å²) in [7, 11) is 0. The van der Waals surface area contributed by atoms with Crippen LogP contribution in [0.3, 0.4) is 0 Å². The standard InChI is InChI=1S/C21H19NO4/c1-3-14-25-19(23)22-16-11-8-7-10-15(16)21-18(26-21)17(22)12-6-4-5-9-13-20(21,2)24/h4-5,7-8,10-11,17-18,24H,3,14H2,1-2H3/b5-4-/t17-,18-,20+,21+/m1/s1. The molecule has 0 radical (unpaired) electrons. The first-order chi connectivity index (χ1) is 12.5. The lowest BCUT2D eigenvalue weighted by molar-refractivity contribution is 0.0264. The molecule has 5 heteroatoms. The molecule has 26 heavy (non-hydrogen) atoms. The summed E-state index contributed by atoms with van der Waals surface area (Å²) in [6.07, 6.45) is 2.98. The van der Waals surface area contributed by atoms with Crippen molar-refractivity contribution >= 4 is 11.8 Å². The molecule has 0 saturated carbocycles. The third-order valence-electron chi connectivity index (χ3n) is 4.93. The largest absolute Gasteiger partial charge is 0.449 e. The highest BCUT2D eigenvalue weighted by atomic mass is 16.6. The van der Waals surface area contributed by atoms with Gasteiger partial charge in [-0.25, -0.2) is 4.79 Å². The maximum absolute atomic E-state index is 12.8. The van der Waals surface area contributed by atoms with Gasteiger partial charge >= 0.3 is 6.09 Å². The molecular formula is C21H19NO4. The lowest BCUT2D eigenvalue weighted by atomic mass is 9.75. The van der Waals surface area contributed by atoms with Crippen molar-refractivity contribution in [2.75, 3.05) is 11.5 Å². The summed E-state index contributed by atoms with van der Waals surface area (Å²) in [4.78, 5) is 14.3. The highest BCUT2D eigenvalue weighted by Gasteiger charge is 2.74. The smallest absolute Gasteiger partial charge is 0.415 e. The molecule has 0 spiro atoms. The Morgan fingerprint density at radius 2 is 2.12 bits per heavy atom. The van der Waals surface area contributed by atoms with Crippen molar-refractivity contribution in [2.24, 2.45) is 0 Å². The normalized spacial score (nSPS) is 34.0. The van der Waals surface area contributed by atoms with Crippen LogP contribution in [0.1, 0.15) is 25.8 Å². The lowest BCUT2D eigenvalue weighted by Crippen LogP contribution is -2.54. The molecule has 3 aliphatic rings. The van der Waals surface area contributed by atoms with Gasteiger partial charge in [0, 0.05) is 5.56 Å². The van der Waals surface area contributed by atoms with E-state index in [1.54, 1.807) is 19.1 Å². The molecule has 1 aliphatic carbocycles. The zero-order valence-electron chi connectivity index (χ0n) is 14.7. The molecule has 132 valence electrons. The Bertz CT molecular complexity index is 911. The molecule has 5 nitrogen and oxygen atoms in total. The maximum Gasteiger partial charge on any atom is 0.415 e. The van der Waals surface area contributed by atoms with E-state index in [1.807, 2.05) is 31.2 Å². The van der Waals surface area contributed by atoms with Crippen molar-refractivity contribution in [3.63, 3.8) is 0 Å². The van der Waals surface area contributed by atoms with Gasteiger partial charge < -0.3 is 14.6 Å². The van der Waals surface area contributed by atoms with E-state index in [1.165, 1.54) is 4.90 Å². The van der Waals surface area contributed by atoms with Crippen LogP contribution in [-0.2, 0) is 15.1 Å². The fourth-order valence-corrected chi connectivity index (χ4v) is 3.71. The van der Waals surface area contributed by atoms with Crippen molar-refractivity contribution < 1.29 is 19.4 Å². The van der Waals surface area contributed by atoms with Crippen LogP contribution in [0.2, 0.25) is 0 Å². The van der Waals surface area contributed by atoms with Gasteiger partial charge in [-0.15, -0.1) is 0 Å². The first kappa shape index (κ1) is 16.7. The maximum atomic E-state index is 12.8. The Hall–Kier alpha value is -2.73. The lowest BCUT2D eigenvalue weighted by Gasteiger charge is -2.38. The number of epoxide rings is 1. The second kappa shape index (κ2) is 5.92. The zero-order valence-corrected chi connectivity index (χ0v) is 14.7. The van der Waals surface area contributed by atoms with Crippen LogP contribution >= 0.6 is 0 Å². The average molecular weight is 349 g/mol. The second-order valence-electron chi connectivity index (χ2n) is 6.68. The number of hydrogen-bond donors (Lipinski definition) is 1. The first-order valence-electron chi connectivity index (χ1n) is 8.67. The van der Waals surface area contributed by atoms with Crippen LogP contribution in [0.5, 0.6) is 0 Å². The molecule has 1 saturated heterocycles. The summed E-state index contributed by atoms with van der Waals surface area (Å²) >= 11 is 0. The molecule has 4 atom stereocenters. The molecule has 1 amide bonds. The van der Waals surface area contributed by atoms with Gasteiger partial charge in [-0.05, 0) is 31.6 Å². The van der Waals surface area contributed by atoms with Crippen LogP contribution in [-0.4, -0.2) is 35.6 Å². The summed E-state index contributed by atoms with van der Waals surface area (Å²) in [5.74, 6) is 11.7. The number of carbonyl (C=O) groups excluding carboxylic acids is 1. The summed E-state index contributed by atoms with van der Waals surface area (Å²) in [6.45, 7) is 3.91. The number of carbonyl (C=O) groups is 1. The van der Waals surface area contributed by atoms with E-state index in [4.69, 9.17) is 9.47 Å². The third kappa shape index (κ3) is 2.25. The van der Waals surface area contributed by atoms with E-state index in [-0.39, 0.29) is 0 Å². The Balaban J connectivity index is 1.90. The molecule has 1 aromatic carbocycles. The summed E-state index contributed by atoms with van der Waals surface area (Å²) in [5.41, 5.74) is -1.08. The molecule has 0 unspecified atom stereocenters. The molecule has 1 N–H and O–H groups in total. The monoisotopic (exact) mass is 349 g/mol. The average Bonchev–Trinajstić information content (AvgIpc) is 3.40. The van der Waals surface area contributed by atoms with E-state index < -0.39 is 29.4 Å². The molecule has 2 bridgehead atoms. The van der Waals surface area contributed by atoms with Gasteiger partial charge in [0.15, 0.2) is 11.2 Å².